The predicted molar refractivity (Wildman–Crippen MR) is 63.4 cm³/mol. The monoisotopic (exact) mass is 282 g/mol. The molecule has 18 heavy (non-hydrogen) atoms. The lowest BCUT2D eigenvalue weighted by atomic mass is 10.2. The Hall–Kier alpha value is -0.750. The van der Waals surface area contributed by atoms with Gasteiger partial charge in [0.25, 0.3) is 0 Å². The van der Waals surface area contributed by atoms with Crippen molar-refractivity contribution < 1.29 is 33.0 Å². The van der Waals surface area contributed by atoms with Gasteiger partial charge in [-0.05, 0) is 13.8 Å². The number of methoxy groups -OCH3 is 1. The lowest BCUT2D eigenvalue weighted by Crippen LogP contribution is -2.26. The molecule has 0 aromatic heterocycles. The van der Waals surface area contributed by atoms with Crippen LogP contribution >= 0.6 is 7.60 Å². The molecule has 0 aromatic rings. The number of hydrogen-bond donors (Lipinski definition) is 1. The Balaban J connectivity index is 4.43. The first-order valence-corrected chi connectivity index (χ1v) is 7.27. The minimum Gasteiger partial charge on any atom is -0.467 e. The van der Waals surface area contributed by atoms with Crippen molar-refractivity contribution in [3.05, 3.63) is 0 Å². The van der Waals surface area contributed by atoms with Gasteiger partial charge in [0.2, 0.25) is 0 Å². The summed E-state index contributed by atoms with van der Waals surface area (Å²) in [6.45, 7) is 3.53. The quantitative estimate of drug-likeness (QED) is 0.492. The summed E-state index contributed by atoms with van der Waals surface area (Å²) in [7, 11) is -2.38. The zero-order chi connectivity index (χ0) is 14.2. The van der Waals surface area contributed by atoms with Gasteiger partial charge in [-0.15, -0.1) is 0 Å². The zero-order valence-corrected chi connectivity index (χ0v) is 11.6. The second-order valence-electron chi connectivity index (χ2n) is 3.39. The van der Waals surface area contributed by atoms with Crippen molar-refractivity contribution in [2.45, 2.75) is 26.4 Å². The Morgan fingerprint density at radius 2 is 1.72 bits per heavy atom. The largest absolute Gasteiger partial charge is 0.467 e. The molecule has 1 N–H and O–H groups in total. The van der Waals surface area contributed by atoms with E-state index in [9.17, 15) is 19.3 Å². The average molecular weight is 282 g/mol. The van der Waals surface area contributed by atoms with Crippen molar-refractivity contribution in [3.8, 4) is 0 Å². The van der Waals surface area contributed by atoms with Crippen LogP contribution < -0.4 is 0 Å². The van der Waals surface area contributed by atoms with Gasteiger partial charge >= 0.3 is 13.6 Å². The number of hydrogen-bond acceptors (Lipinski definition) is 7. The minimum atomic E-state index is -3.48. The first-order chi connectivity index (χ1) is 8.38. The summed E-state index contributed by atoms with van der Waals surface area (Å²) in [5.41, 5.74) is 0. The van der Waals surface area contributed by atoms with E-state index in [1.54, 1.807) is 13.8 Å². The van der Waals surface area contributed by atoms with Gasteiger partial charge in [0.1, 0.15) is 11.9 Å². The van der Waals surface area contributed by atoms with Crippen LogP contribution in [0, 0.1) is 0 Å². The average Bonchev–Trinajstić information content (AvgIpc) is 2.27. The molecule has 0 fully saturated rings. The van der Waals surface area contributed by atoms with Crippen LogP contribution in [0.2, 0.25) is 0 Å². The van der Waals surface area contributed by atoms with E-state index < -0.39 is 38.0 Å². The molecule has 0 aromatic carbocycles. The minimum absolute atomic E-state index is 0.143. The van der Waals surface area contributed by atoms with Crippen molar-refractivity contribution in [2.75, 3.05) is 26.5 Å². The summed E-state index contributed by atoms with van der Waals surface area (Å²) < 4.78 is 26.1. The molecule has 0 radical (unpaired) electrons. The molecular formula is C10H19O7P. The molecule has 0 rings (SSSR count). The highest BCUT2D eigenvalue weighted by Gasteiger charge is 2.30. The SMILES string of the molecule is CCOP(=O)(CC(=O)CC(O)C(=O)OC)OCC. The summed E-state index contributed by atoms with van der Waals surface area (Å²) in [4.78, 5) is 22.4. The van der Waals surface area contributed by atoms with Crippen LogP contribution in [0.3, 0.4) is 0 Å². The third-order valence-electron chi connectivity index (χ3n) is 1.92. The normalized spacial score (nSPS) is 13.1. The Bertz CT molecular complexity index is 318. The lowest BCUT2D eigenvalue weighted by Gasteiger charge is -2.16. The summed E-state index contributed by atoms with van der Waals surface area (Å²) in [6, 6.07) is 0. The molecule has 1 atom stereocenters. The third kappa shape index (κ3) is 6.26. The van der Waals surface area contributed by atoms with Crippen LogP contribution in [0.15, 0.2) is 0 Å². The van der Waals surface area contributed by atoms with Crippen molar-refractivity contribution >= 4 is 19.3 Å². The number of Topliss-reactive ketones (excluding diaryl/α,β-unsaturated/α-hetero) is 1. The number of esters is 1. The van der Waals surface area contributed by atoms with E-state index in [0.29, 0.717) is 0 Å². The van der Waals surface area contributed by atoms with Crippen LogP contribution in [0.25, 0.3) is 0 Å². The lowest BCUT2D eigenvalue weighted by molar-refractivity contribution is -0.152. The summed E-state index contributed by atoms with van der Waals surface area (Å²) in [5.74, 6) is -1.50. The van der Waals surface area contributed by atoms with E-state index in [0.717, 1.165) is 7.11 Å². The fourth-order valence-electron chi connectivity index (χ4n) is 1.24. The number of aliphatic hydroxyl groups is 1. The van der Waals surface area contributed by atoms with Gasteiger partial charge in [-0.1, -0.05) is 0 Å². The van der Waals surface area contributed by atoms with Crippen LogP contribution in [0.4, 0.5) is 0 Å². The molecule has 0 aliphatic rings. The predicted octanol–water partition coefficient (Wildman–Crippen LogP) is 0.746. The molecule has 106 valence electrons. The fourth-order valence-corrected chi connectivity index (χ4v) is 2.84. The van der Waals surface area contributed by atoms with Gasteiger partial charge in [0.05, 0.1) is 20.3 Å². The van der Waals surface area contributed by atoms with E-state index in [-0.39, 0.29) is 13.2 Å². The summed E-state index contributed by atoms with van der Waals surface area (Å²) >= 11 is 0. The maximum atomic E-state index is 12.0. The first-order valence-electron chi connectivity index (χ1n) is 5.54. The van der Waals surface area contributed by atoms with Crippen LogP contribution in [-0.2, 0) is 27.9 Å². The van der Waals surface area contributed by atoms with Crippen LogP contribution in [-0.4, -0.2) is 49.4 Å². The van der Waals surface area contributed by atoms with E-state index in [4.69, 9.17) is 9.05 Å². The molecule has 0 aliphatic carbocycles. The van der Waals surface area contributed by atoms with Gasteiger partial charge in [-0.25, -0.2) is 4.79 Å². The maximum Gasteiger partial charge on any atom is 0.338 e. The third-order valence-corrected chi connectivity index (χ3v) is 3.96. The highest BCUT2D eigenvalue weighted by atomic mass is 31.2. The molecule has 1 unspecified atom stereocenters. The van der Waals surface area contributed by atoms with Gasteiger partial charge in [0.15, 0.2) is 6.10 Å². The number of carbonyl (C=O) groups excluding carboxylic acids is 2. The van der Waals surface area contributed by atoms with Crippen LogP contribution in [0.1, 0.15) is 20.3 Å². The van der Waals surface area contributed by atoms with E-state index in [1.165, 1.54) is 0 Å². The molecule has 0 spiro atoms. The van der Waals surface area contributed by atoms with E-state index in [1.807, 2.05) is 0 Å². The van der Waals surface area contributed by atoms with Crippen molar-refractivity contribution in [1.29, 1.82) is 0 Å². The van der Waals surface area contributed by atoms with E-state index in [2.05, 4.69) is 4.74 Å². The van der Waals surface area contributed by atoms with Crippen molar-refractivity contribution in [1.82, 2.24) is 0 Å². The number of rotatable bonds is 9. The van der Waals surface area contributed by atoms with Crippen molar-refractivity contribution in [3.63, 3.8) is 0 Å². The summed E-state index contributed by atoms with van der Waals surface area (Å²) in [6.07, 6.45) is -2.50. The number of ketones is 1. The molecule has 0 bridgehead atoms. The Labute approximate surface area is 106 Å². The Kier molecular flexibility index (Phi) is 8.02. The Morgan fingerprint density at radius 3 is 2.11 bits per heavy atom. The number of ether oxygens (including phenoxy) is 1. The van der Waals surface area contributed by atoms with Gasteiger partial charge in [-0.3, -0.25) is 9.36 Å². The van der Waals surface area contributed by atoms with Gasteiger partial charge < -0.3 is 18.9 Å². The first kappa shape index (κ1) is 17.2. The number of carbonyl (C=O) groups is 2. The standard InChI is InChI=1S/C10H19O7P/c1-4-16-18(14,17-5-2)7-8(11)6-9(12)10(13)15-3/h9,12H,4-7H2,1-3H3. The second-order valence-corrected chi connectivity index (χ2v) is 5.44. The molecule has 0 amide bonds. The second kappa shape index (κ2) is 8.37. The summed E-state index contributed by atoms with van der Waals surface area (Å²) in [5, 5.41) is 9.28. The topological polar surface area (TPSA) is 99.1 Å². The van der Waals surface area contributed by atoms with E-state index >= 15 is 0 Å². The zero-order valence-electron chi connectivity index (χ0n) is 10.7. The highest BCUT2D eigenvalue weighted by Crippen LogP contribution is 2.47. The molecule has 0 saturated carbocycles. The molecule has 0 heterocycles. The van der Waals surface area contributed by atoms with Crippen molar-refractivity contribution in [2.24, 2.45) is 0 Å². The molecule has 0 saturated heterocycles. The molecule has 0 aliphatic heterocycles. The van der Waals surface area contributed by atoms with Gasteiger partial charge in [-0.2, -0.15) is 0 Å². The van der Waals surface area contributed by atoms with Crippen LogP contribution in [0.5, 0.6) is 0 Å². The molecule has 8 heteroatoms. The number of aliphatic hydroxyl groups excluding tert-OH is 1. The van der Waals surface area contributed by atoms with Gasteiger partial charge in [0, 0.05) is 6.42 Å². The Morgan fingerprint density at radius 1 is 1.22 bits per heavy atom. The highest BCUT2D eigenvalue weighted by molar-refractivity contribution is 7.54. The smallest absolute Gasteiger partial charge is 0.338 e. The molecule has 7 nitrogen and oxygen atoms in total. The maximum absolute atomic E-state index is 12.0. The molecular weight excluding hydrogens is 263 g/mol. The fraction of sp³-hybridized carbons (Fsp3) is 0.800.